The Kier molecular flexibility index (Phi) is 7.77. The molecule has 0 aromatic carbocycles. The lowest BCUT2D eigenvalue weighted by Crippen LogP contribution is -2.38. The molecule has 0 aromatic rings. The number of likely N-dealkylation sites (N-methyl/N-ethyl adjacent to an activating group) is 1. The highest BCUT2D eigenvalue weighted by Crippen LogP contribution is 2.21. The van der Waals surface area contributed by atoms with Crippen LogP contribution in [0.1, 0.15) is 32.6 Å². The summed E-state index contributed by atoms with van der Waals surface area (Å²) in [5, 5.41) is 12.8. The van der Waals surface area contributed by atoms with Crippen molar-refractivity contribution in [3.8, 4) is 0 Å². The number of nitrogens with one attached hydrogen (secondary N) is 1. The molecule has 1 unspecified atom stereocenters. The molecule has 4 nitrogen and oxygen atoms in total. The van der Waals surface area contributed by atoms with E-state index in [2.05, 4.69) is 17.3 Å². The average Bonchev–Trinajstić information content (AvgIpc) is 2.85. The summed E-state index contributed by atoms with van der Waals surface area (Å²) in [6.07, 6.45) is 5.09. The minimum atomic E-state index is -0.383. The van der Waals surface area contributed by atoms with Gasteiger partial charge < -0.3 is 20.1 Å². The third kappa shape index (κ3) is 6.36. The summed E-state index contributed by atoms with van der Waals surface area (Å²) in [5.74, 6) is 0. The van der Waals surface area contributed by atoms with Gasteiger partial charge in [0.25, 0.3) is 0 Å². The normalized spacial score (nSPS) is 19.1. The van der Waals surface area contributed by atoms with Gasteiger partial charge in [0.05, 0.1) is 12.7 Å². The maximum absolute atomic E-state index is 9.56. The van der Waals surface area contributed by atoms with Crippen molar-refractivity contribution < 1.29 is 9.84 Å². The van der Waals surface area contributed by atoms with Gasteiger partial charge in [0, 0.05) is 32.3 Å². The number of hydrogen-bond acceptors (Lipinski definition) is 4. The second kappa shape index (κ2) is 8.86. The SMILES string of the molecule is CCOCC(O)CNCCN(C)C1CCCC1. The summed E-state index contributed by atoms with van der Waals surface area (Å²) in [4.78, 5) is 2.44. The molecule has 0 aliphatic heterocycles. The minimum absolute atomic E-state index is 0.383. The molecule has 1 aliphatic carbocycles. The molecule has 102 valence electrons. The van der Waals surface area contributed by atoms with Crippen LogP contribution in [0.5, 0.6) is 0 Å². The Morgan fingerprint density at radius 1 is 1.41 bits per heavy atom. The molecule has 1 rings (SSSR count). The topological polar surface area (TPSA) is 44.7 Å². The van der Waals surface area contributed by atoms with Crippen molar-refractivity contribution in [2.45, 2.75) is 44.8 Å². The number of ether oxygens (including phenoxy) is 1. The molecule has 1 atom stereocenters. The molecule has 0 spiro atoms. The summed E-state index contributed by atoms with van der Waals surface area (Å²) >= 11 is 0. The summed E-state index contributed by atoms with van der Waals surface area (Å²) in [6, 6.07) is 0.783. The maximum atomic E-state index is 9.56. The molecule has 4 heteroatoms. The summed E-state index contributed by atoms with van der Waals surface area (Å²) in [5.41, 5.74) is 0. The first-order valence-corrected chi connectivity index (χ1v) is 6.90. The van der Waals surface area contributed by atoms with E-state index in [4.69, 9.17) is 4.74 Å². The molecule has 0 heterocycles. The van der Waals surface area contributed by atoms with E-state index in [-0.39, 0.29) is 6.10 Å². The van der Waals surface area contributed by atoms with E-state index in [9.17, 15) is 5.11 Å². The molecule has 1 aliphatic rings. The van der Waals surface area contributed by atoms with Crippen LogP contribution in [0.15, 0.2) is 0 Å². The van der Waals surface area contributed by atoms with E-state index < -0.39 is 0 Å². The zero-order valence-corrected chi connectivity index (χ0v) is 11.3. The molecule has 2 N–H and O–H groups in total. The van der Waals surface area contributed by atoms with E-state index >= 15 is 0 Å². The van der Waals surface area contributed by atoms with Crippen LogP contribution < -0.4 is 5.32 Å². The molecule has 0 amide bonds. The van der Waals surface area contributed by atoms with Crippen LogP contribution in [0, 0.1) is 0 Å². The highest BCUT2D eigenvalue weighted by Gasteiger charge is 2.18. The lowest BCUT2D eigenvalue weighted by atomic mass is 10.2. The smallest absolute Gasteiger partial charge is 0.0897 e. The third-order valence-corrected chi connectivity index (χ3v) is 3.48. The van der Waals surface area contributed by atoms with E-state index in [0.29, 0.717) is 19.8 Å². The fourth-order valence-corrected chi connectivity index (χ4v) is 2.36. The lowest BCUT2D eigenvalue weighted by Gasteiger charge is -2.24. The van der Waals surface area contributed by atoms with Crippen LogP contribution in [-0.4, -0.2) is 62.0 Å². The number of hydrogen-bond donors (Lipinski definition) is 2. The van der Waals surface area contributed by atoms with Crippen LogP contribution >= 0.6 is 0 Å². The van der Waals surface area contributed by atoms with Crippen LogP contribution in [0.4, 0.5) is 0 Å². The third-order valence-electron chi connectivity index (χ3n) is 3.48. The predicted octanol–water partition coefficient (Wildman–Crippen LogP) is 0.848. The van der Waals surface area contributed by atoms with Crippen LogP contribution in [0.25, 0.3) is 0 Å². The summed E-state index contributed by atoms with van der Waals surface area (Å²) in [6.45, 7) is 5.67. The zero-order valence-electron chi connectivity index (χ0n) is 11.3. The Balaban J connectivity index is 1.95. The van der Waals surface area contributed by atoms with E-state index in [0.717, 1.165) is 19.1 Å². The van der Waals surface area contributed by atoms with Crippen molar-refractivity contribution >= 4 is 0 Å². The van der Waals surface area contributed by atoms with Crippen LogP contribution in [-0.2, 0) is 4.74 Å². The Labute approximate surface area is 105 Å². The number of nitrogens with zero attached hydrogens (tertiary/aromatic N) is 1. The van der Waals surface area contributed by atoms with Crippen LogP contribution in [0.2, 0.25) is 0 Å². The van der Waals surface area contributed by atoms with Gasteiger partial charge in [0.2, 0.25) is 0 Å². The maximum Gasteiger partial charge on any atom is 0.0897 e. The number of rotatable bonds is 9. The van der Waals surface area contributed by atoms with Gasteiger partial charge in [-0.1, -0.05) is 12.8 Å². The Morgan fingerprint density at radius 3 is 2.76 bits per heavy atom. The summed E-state index contributed by atoms with van der Waals surface area (Å²) < 4.78 is 5.15. The molecule has 0 bridgehead atoms. The Morgan fingerprint density at radius 2 is 2.12 bits per heavy atom. The quantitative estimate of drug-likeness (QED) is 0.590. The van der Waals surface area contributed by atoms with Crippen molar-refractivity contribution in [1.82, 2.24) is 10.2 Å². The first-order valence-electron chi connectivity index (χ1n) is 6.90. The summed E-state index contributed by atoms with van der Waals surface area (Å²) in [7, 11) is 2.20. The van der Waals surface area contributed by atoms with E-state index in [1.54, 1.807) is 0 Å². The molecule has 17 heavy (non-hydrogen) atoms. The van der Waals surface area contributed by atoms with E-state index in [1.165, 1.54) is 25.7 Å². The van der Waals surface area contributed by atoms with Gasteiger partial charge >= 0.3 is 0 Å². The largest absolute Gasteiger partial charge is 0.389 e. The molecule has 0 radical (unpaired) electrons. The van der Waals surface area contributed by atoms with Gasteiger partial charge in [-0.2, -0.15) is 0 Å². The fourth-order valence-electron chi connectivity index (χ4n) is 2.36. The first-order chi connectivity index (χ1) is 8.24. The van der Waals surface area contributed by atoms with Gasteiger partial charge in [-0.25, -0.2) is 0 Å². The van der Waals surface area contributed by atoms with Crippen molar-refractivity contribution in [2.24, 2.45) is 0 Å². The van der Waals surface area contributed by atoms with Crippen LogP contribution in [0.3, 0.4) is 0 Å². The van der Waals surface area contributed by atoms with Crippen molar-refractivity contribution in [1.29, 1.82) is 0 Å². The lowest BCUT2D eigenvalue weighted by molar-refractivity contribution is 0.0426. The zero-order chi connectivity index (χ0) is 12.5. The van der Waals surface area contributed by atoms with Crippen molar-refractivity contribution in [3.63, 3.8) is 0 Å². The predicted molar refractivity (Wildman–Crippen MR) is 70.3 cm³/mol. The second-order valence-electron chi connectivity index (χ2n) is 4.94. The minimum Gasteiger partial charge on any atom is -0.389 e. The molecular weight excluding hydrogens is 216 g/mol. The second-order valence-corrected chi connectivity index (χ2v) is 4.94. The van der Waals surface area contributed by atoms with Gasteiger partial charge in [-0.3, -0.25) is 0 Å². The fraction of sp³-hybridized carbons (Fsp3) is 1.00. The molecule has 0 aromatic heterocycles. The van der Waals surface area contributed by atoms with Crippen molar-refractivity contribution in [2.75, 3.05) is 39.9 Å². The number of aliphatic hydroxyl groups is 1. The monoisotopic (exact) mass is 244 g/mol. The van der Waals surface area contributed by atoms with Gasteiger partial charge in [0.1, 0.15) is 0 Å². The highest BCUT2D eigenvalue weighted by molar-refractivity contribution is 4.75. The molecule has 0 saturated heterocycles. The molecule has 1 saturated carbocycles. The Bertz CT molecular complexity index is 184. The van der Waals surface area contributed by atoms with Gasteiger partial charge in [-0.15, -0.1) is 0 Å². The van der Waals surface area contributed by atoms with Gasteiger partial charge in [-0.05, 0) is 26.8 Å². The van der Waals surface area contributed by atoms with E-state index in [1.807, 2.05) is 6.92 Å². The van der Waals surface area contributed by atoms with Gasteiger partial charge in [0.15, 0.2) is 0 Å². The molecular formula is C13H28N2O2. The average molecular weight is 244 g/mol. The van der Waals surface area contributed by atoms with Crippen molar-refractivity contribution in [3.05, 3.63) is 0 Å². The standard InChI is InChI=1S/C13H28N2O2/c1-3-17-11-13(16)10-14-8-9-15(2)12-6-4-5-7-12/h12-14,16H,3-11H2,1-2H3. The number of aliphatic hydroxyl groups excluding tert-OH is 1. The Hall–Kier alpha value is -0.160. The molecule has 1 fully saturated rings. The highest BCUT2D eigenvalue weighted by atomic mass is 16.5. The first kappa shape index (κ1) is 14.9.